The first kappa shape index (κ1) is 12.9. The summed E-state index contributed by atoms with van der Waals surface area (Å²) in [6.07, 6.45) is -0.0606. The van der Waals surface area contributed by atoms with Gasteiger partial charge >= 0.3 is 16.8 Å². The molecule has 1 N–H and O–H groups in total. The van der Waals surface area contributed by atoms with Gasteiger partial charge in [0.15, 0.2) is 0 Å². The zero-order valence-corrected chi connectivity index (χ0v) is 8.78. The van der Waals surface area contributed by atoms with Gasteiger partial charge in [0.25, 0.3) is 0 Å². The fourth-order valence-corrected chi connectivity index (χ4v) is 0.953. The summed E-state index contributed by atoms with van der Waals surface area (Å²) in [5.74, 6) is -0.396. The summed E-state index contributed by atoms with van der Waals surface area (Å²) < 4.78 is 0. The Bertz CT molecular complexity index is 311. The van der Waals surface area contributed by atoms with Crippen LogP contribution in [0.2, 0.25) is 0 Å². The normalized spacial score (nSPS) is 8.64. The van der Waals surface area contributed by atoms with Gasteiger partial charge in [0.1, 0.15) is 5.78 Å². The molecule has 0 saturated carbocycles. The molecular weight excluding hydrogens is 225 g/mol. The predicted molar refractivity (Wildman–Crippen MR) is 50.4 cm³/mol. The van der Waals surface area contributed by atoms with Crippen molar-refractivity contribution in [2.45, 2.75) is 13.3 Å². The van der Waals surface area contributed by atoms with Gasteiger partial charge in [-0.1, -0.05) is 18.2 Å². The van der Waals surface area contributed by atoms with Gasteiger partial charge in [-0.2, -0.15) is 0 Å². The van der Waals surface area contributed by atoms with E-state index in [0.29, 0.717) is 5.69 Å². The molecule has 0 unspecified atom stereocenters. The van der Waals surface area contributed by atoms with E-state index in [-0.39, 0.29) is 34.9 Å². The average Bonchev–Trinajstić information content (AvgIpc) is 2.04. The Morgan fingerprint density at radius 1 is 1.21 bits per heavy atom. The van der Waals surface area contributed by atoms with Crippen LogP contribution in [0.5, 0.6) is 0 Å². The largest absolute Gasteiger partial charge is 2.00 e. The number of hydrogen-bond acceptors (Lipinski definition) is 2. The third-order valence-electron chi connectivity index (χ3n) is 1.47. The van der Waals surface area contributed by atoms with Crippen molar-refractivity contribution in [2.24, 2.45) is 0 Å². The van der Waals surface area contributed by atoms with Crippen LogP contribution in [0, 0.1) is 0 Å². The van der Waals surface area contributed by atoms with Crippen molar-refractivity contribution < 1.29 is 26.4 Å². The first-order chi connectivity index (χ1) is 6.18. The van der Waals surface area contributed by atoms with Gasteiger partial charge in [0, 0.05) is 5.69 Å². The van der Waals surface area contributed by atoms with Crippen molar-refractivity contribution in [3.63, 3.8) is 0 Å². The van der Waals surface area contributed by atoms with Gasteiger partial charge in [0.2, 0.25) is 5.91 Å². The van der Waals surface area contributed by atoms with Crippen LogP contribution in [0.3, 0.4) is 0 Å². The average molecular weight is 236 g/mol. The summed E-state index contributed by atoms with van der Waals surface area (Å²) in [5.41, 5.74) is 0.716. The third kappa shape index (κ3) is 4.79. The van der Waals surface area contributed by atoms with Gasteiger partial charge in [-0.05, 0) is 19.1 Å². The van der Waals surface area contributed by atoms with E-state index in [1.54, 1.807) is 12.1 Å². The molecule has 3 nitrogen and oxygen atoms in total. The number of nitrogens with one attached hydrogen (secondary N) is 1. The third-order valence-corrected chi connectivity index (χ3v) is 1.47. The molecule has 1 aromatic rings. The Morgan fingerprint density at radius 2 is 1.79 bits per heavy atom. The number of benzene rings is 1. The zero-order chi connectivity index (χ0) is 9.68. The fourth-order valence-electron chi connectivity index (χ4n) is 0.953. The zero-order valence-electron chi connectivity index (χ0n) is 7.74. The standard InChI is InChI=1S/C10H11NO2.Co/c1-8(12)7-10(13)11-9-5-3-2-4-6-9;/h2-6H,7H2,1H3,(H,11,13);/q;+2. The van der Waals surface area contributed by atoms with E-state index in [4.69, 9.17) is 0 Å². The van der Waals surface area contributed by atoms with Gasteiger partial charge < -0.3 is 5.32 Å². The van der Waals surface area contributed by atoms with Crippen LogP contribution in [-0.2, 0) is 26.4 Å². The van der Waals surface area contributed by atoms with E-state index in [9.17, 15) is 9.59 Å². The molecule has 4 heteroatoms. The van der Waals surface area contributed by atoms with E-state index < -0.39 is 0 Å². The number of rotatable bonds is 3. The Kier molecular flexibility index (Phi) is 5.83. The maximum absolute atomic E-state index is 11.1. The molecule has 0 fully saturated rings. The summed E-state index contributed by atoms with van der Waals surface area (Å²) in [5, 5.41) is 2.61. The van der Waals surface area contributed by atoms with Crippen LogP contribution in [0.4, 0.5) is 5.69 Å². The summed E-state index contributed by atoms with van der Waals surface area (Å²) in [4.78, 5) is 21.7. The molecule has 14 heavy (non-hydrogen) atoms. The minimum absolute atomic E-state index is 0. The van der Waals surface area contributed by atoms with Gasteiger partial charge in [-0.15, -0.1) is 0 Å². The number of ketones is 1. The quantitative estimate of drug-likeness (QED) is 0.810. The summed E-state index contributed by atoms with van der Waals surface area (Å²) in [7, 11) is 0. The van der Waals surface area contributed by atoms with Crippen LogP contribution in [-0.4, -0.2) is 11.7 Å². The summed E-state index contributed by atoms with van der Waals surface area (Å²) in [6, 6.07) is 9.06. The molecule has 0 bridgehead atoms. The molecule has 0 heterocycles. The van der Waals surface area contributed by atoms with E-state index in [1.807, 2.05) is 18.2 Å². The molecule has 1 radical (unpaired) electrons. The number of Topliss-reactive ketones (excluding diaryl/α,β-unsaturated/α-hetero) is 1. The number of para-hydroxylation sites is 1. The second kappa shape index (κ2) is 6.34. The minimum atomic E-state index is -0.265. The molecule has 0 atom stereocenters. The number of carbonyl (C=O) groups excluding carboxylic acids is 2. The minimum Gasteiger partial charge on any atom is -0.326 e. The topological polar surface area (TPSA) is 46.2 Å². The van der Waals surface area contributed by atoms with Crippen LogP contribution < -0.4 is 5.32 Å². The van der Waals surface area contributed by atoms with Crippen LogP contribution in [0.15, 0.2) is 30.3 Å². The smallest absolute Gasteiger partial charge is 0.326 e. The molecule has 0 saturated heterocycles. The number of amides is 1. The SMILES string of the molecule is CC(=O)CC(=O)Nc1ccccc1.[Co+2]. The first-order valence-electron chi connectivity index (χ1n) is 4.03. The van der Waals surface area contributed by atoms with E-state index in [2.05, 4.69) is 5.32 Å². The second-order valence-corrected chi connectivity index (χ2v) is 2.79. The van der Waals surface area contributed by atoms with Gasteiger partial charge in [-0.25, -0.2) is 0 Å². The molecule has 0 spiro atoms. The molecule has 0 aliphatic rings. The van der Waals surface area contributed by atoms with E-state index in [1.165, 1.54) is 6.92 Å². The maximum atomic E-state index is 11.1. The number of anilines is 1. The Morgan fingerprint density at radius 3 is 2.29 bits per heavy atom. The predicted octanol–water partition coefficient (Wildman–Crippen LogP) is 1.60. The number of carbonyl (C=O) groups is 2. The molecule has 0 aliphatic carbocycles. The van der Waals surface area contributed by atoms with Crippen molar-refractivity contribution in [3.05, 3.63) is 30.3 Å². The Hall–Kier alpha value is -1.13. The van der Waals surface area contributed by atoms with Gasteiger partial charge in [0.05, 0.1) is 6.42 Å². The number of hydrogen-bond donors (Lipinski definition) is 1. The fraction of sp³-hybridized carbons (Fsp3) is 0.200. The van der Waals surface area contributed by atoms with Crippen LogP contribution >= 0.6 is 0 Å². The van der Waals surface area contributed by atoms with Crippen molar-refractivity contribution in [1.82, 2.24) is 0 Å². The molecule has 1 aromatic carbocycles. The Labute approximate surface area is 93.1 Å². The van der Waals surface area contributed by atoms with Crippen molar-refractivity contribution in [2.75, 3.05) is 5.32 Å². The first-order valence-corrected chi connectivity index (χ1v) is 4.03. The van der Waals surface area contributed by atoms with E-state index >= 15 is 0 Å². The van der Waals surface area contributed by atoms with E-state index in [0.717, 1.165) is 0 Å². The van der Waals surface area contributed by atoms with Crippen LogP contribution in [0.1, 0.15) is 13.3 Å². The van der Waals surface area contributed by atoms with Crippen molar-refractivity contribution >= 4 is 17.4 Å². The second-order valence-electron chi connectivity index (χ2n) is 2.79. The van der Waals surface area contributed by atoms with Crippen LogP contribution in [0.25, 0.3) is 0 Å². The molecular formula is C10H11CoNO2+2. The van der Waals surface area contributed by atoms with Crippen molar-refractivity contribution in [3.8, 4) is 0 Å². The monoisotopic (exact) mass is 236 g/mol. The summed E-state index contributed by atoms with van der Waals surface area (Å²) in [6.45, 7) is 1.39. The van der Waals surface area contributed by atoms with Gasteiger partial charge in [-0.3, -0.25) is 9.59 Å². The molecule has 0 aliphatic heterocycles. The summed E-state index contributed by atoms with van der Waals surface area (Å²) >= 11 is 0. The maximum Gasteiger partial charge on any atom is 2.00 e. The molecule has 1 rings (SSSR count). The molecule has 1 amide bonds. The van der Waals surface area contributed by atoms with Crippen molar-refractivity contribution in [1.29, 1.82) is 0 Å². The Balaban J connectivity index is 0.00000169. The molecule has 75 valence electrons. The molecule has 0 aromatic heterocycles.